The number of ether oxygens (including phenoxy) is 2. The number of benzene rings is 2. The van der Waals surface area contributed by atoms with Crippen molar-refractivity contribution in [3.8, 4) is 17.2 Å². The van der Waals surface area contributed by atoms with E-state index in [0.29, 0.717) is 0 Å². The van der Waals surface area contributed by atoms with Crippen molar-refractivity contribution in [1.82, 2.24) is 0 Å². The Morgan fingerprint density at radius 3 is 2.84 bits per heavy atom. The summed E-state index contributed by atoms with van der Waals surface area (Å²) in [5.41, 5.74) is 0.867. The first-order valence-electron chi connectivity index (χ1n) is 6.52. The van der Waals surface area contributed by atoms with Crippen LogP contribution in [0.2, 0.25) is 0 Å². The summed E-state index contributed by atoms with van der Waals surface area (Å²) in [5.74, 6) is 1.87. The molecule has 0 aliphatic carbocycles. The molecule has 1 heterocycles. The molecule has 2 aromatic rings. The van der Waals surface area contributed by atoms with Gasteiger partial charge < -0.3 is 14.6 Å². The molecule has 0 spiro atoms. The van der Waals surface area contributed by atoms with Gasteiger partial charge in [-0.25, -0.2) is 0 Å². The van der Waals surface area contributed by atoms with Crippen LogP contribution in [-0.4, -0.2) is 17.8 Å². The highest BCUT2D eigenvalue weighted by Gasteiger charge is 2.29. The van der Waals surface area contributed by atoms with Crippen LogP contribution in [0.1, 0.15) is 25.8 Å². The van der Waals surface area contributed by atoms with Gasteiger partial charge in [0.1, 0.15) is 22.8 Å². The van der Waals surface area contributed by atoms with Crippen LogP contribution >= 0.6 is 0 Å². The summed E-state index contributed by atoms with van der Waals surface area (Å²) in [6.07, 6.45) is 1.85. The van der Waals surface area contributed by atoms with Crippen molar-refractivity contribution < 1.29 is 14.6 Å². The van der Waals surface area contributed by atoms with E-state index in [1.807, 2.05) is 24.3 Å². The first-order valence-corrected chi connectivity index (χ1v) is 6.52. The van der Waals surface area contributed by atoms with E-state index in [-0.39, 0.29) is 11.4 Å². The Balaban J connectivity index is 2.36. The fraction of sp³-hybridized carbons (Fsp3) is 0.375. The second-order valence-electron chi connectivity index (χ2n) is 5.63. The Bertz CT molecular complexity index is 644. The van der Waals surface area contributed by atoms with Crippen LogP contribution in [-0.2, 0) is 6.42 Å². The first-order chi connectivity index (χ1) is 9.02. The number of hydrogen-bond acceptors (Lipinski definition) is 3. The van der Waals surface area contributed by atoms with E-state index in [9.17, 15) is 5.11 Å². The lowest BCUT2D eigenvalue weighted by atomic mass is 9.91. The molecule has 1 N–H and O–H groups in total. The van der Waals surface area contributed by atoms with Crippen LogP contribution in [0.3, 0.4) is 0 Å². The van der Waals surface area contributed by atoms with Gasteiger partial charge in [-0.2, -0.15) is 0 Å². The van der Waals surface area contributed by atoms with Gasteiger partial charge in [0.25, 0.3) is 0 Å². The molecule has 0 amide bonds. The lowest BCUT2D eigenvalue weighted by molar-refractivity contribution is 0.0865. The summed E-state index contributed by atoms with van der Waals surface area (Å²) in [5, 5.41) is 11.8. The molecule has 1 aliphatic heterocycles. The third kappa shape index (κ3) is 1.89. The largest absolute Gasteiger partial charge is 0.507 e. The Hall–Kier alpha value is -1.90. The minimum Gasteiger partial charge on any atom is -0.507 e. The second kappa shape index (κ2) is 4.05. The maximum absolute atomic E-state index is 10.2. The monoisotopic (exact) mass is 258 g/mol. The zero-order valence-corrected chi connectivity index (χ0v) is 11.5. The predicted octanol–water partition coefficient (Wildman–Crippen LogP) is 3.66. The van der Waals surface area contributed by atoms with Gasteiger partial charge in [-0.3, -0.25) is 0 Å². The number of aryl methyl sites for hydroxylation is 1. The van der Waals surface area contributed by atoms with Gasteiger partial charge in [-0.15, -0.1) is 0 Å². The van der Waals surface area contributed by atoms with E-state index < -0.39 is 0 Å². The number of phenolic OH excluding ortho intramolecular Hbond substituents is 1. The molecule has 3 rings (SSSR count). The molecule has 100 valence electrons. The van der Waals surface area contributed by atoms with Gasteiger partial charge in [0.2, 0.25) is 0 Å². The molecule has 0 bridgehead atoms. The summed E-state index contributed by atoms with van der Waals surface area (Å²) >= 11 is 0. The fourth-order valence-electron chi connectivity index (χ4n) is 2.68. The van der Waals surface area contributed by atoms with Gasteiger partial charge in [0, 0.05) is 5.39 Å². The Labute approximate surface area is 112 Å². The molecule has 0 saturated carbocycles. The van der Waals surface area contributed by atoms with E-state index in [4.69, 9.17) is 9.47 Å². The summed E-state index contributed by atoms with van der Waals surface area (Å²) in [6, 6.07) is 7.47. The van der Waals surface area contributed by atoms with Crippen molar-refractivity contribution in [2.75, 3.05) is 7.11 Å². The van der Waals surface area contributed by atoms with Crippen LogP contribution in [0.25, 0.3) is 10.8 Å². The number of aromatic hydroxyl groups is 1. The summed E-state index contributed by atoms with van der Waals surface area (Å²) in [4.78, 5) is 0. The Morgan fingerprint density at radius 1 is 1.32 bits per heavy atom. The van der Waals surface area contributed by atoms with E-state index in [1.165, 1.54) is 0 Å². The van der Waals surface area contributed by atoms with Crippen LogP contribution in [0.4, 0.5) is 0 Å². The van der Waals surface area contributed by atoms with E-state index in [0.717, 1.165) is 40.7 Å². The highest BCUT2D eigenvalue weighted by molar-refractivity contribution is 5.99. The lowest BCUT2D eigenvalue weighted by Gasteiger charge is -2.33. The highest BCUT2D eigenvalue weighted by Crippen LogP contribution is 2.45. The number of hydrogen-bond donors (Lipinski definition) is 1. The number of phenols is 1. The zero-order valence-electron chi connectivity index (χ0n) is 11.5. The molecule has 0 atom stereocenters. The van der Waals surface area contributed by atoms with Crippen LogP contribution in [0.15, 0.2) is 24.3 Å². The molecule has 0 saturated heterocycles. The van der Waals surface area contributed by atoms with Crippen molar-refractivity contribution >= 4 is 10.8 Å². The summed E-state index contributed by atoms with van der Waals surface area (Å²) in [7, 11) is 1.64. The summed E-state index contributed by atoms with van der Waals surface area (Å²) < 4.78 is 11.6. The third-order valence-electron chi connectivity index (χ3n) is 3.73. The Morgan fingerprint density at radius 2 is 2.11 bits per heavy atom. The van der Waals surface area contributed by atoms with Crippen molar-refractivity contribution in [2.45, 2.75) is 32.3 Å². The second-order valence-corrected chi connectivity index (χ2v) is 5.63. The molecule has 3 nitrogen and oxygen atoms in total. The van der Waals surface area contributed by atoms with Gasteiger partial charge in [-0.05, 0) is 44.4 Å². The van der Waals surface area contributed by atoms with Crippen molar-refractivity contribution in [3.63, 3.8) is 0 Å². The lowest BCUT2D eigenvalue weighted by Crippen LogP contribution is -2.32. The Kier molecular flexibility index (Phi) is 2.59. The van der Waals surface area contributed by atoms with Gasteiger partial charge in [-0.1, -0.05) is 12.1 Å². The maximum atomic E-state index is 10.2. The zero-order chi connectivity index (χ0) is 13.6. The van der Waals surface area contributed by atoms with Crippen molar-refractivity contribution in [2.24, 2.45) is 0 Å². The molecule has 0 radical (unpaired) electrons. The van der Waals surface area contributed by atoms with E-state index >= 15 is 0 Å². The normalized spacial score (nSPS) is 16.8. The van der Waals surface area contributed by atoms with Crippen LogP contribution < -0.4 is 9.47 Å². The quantitative estimate of drug-likeness (QED) is 0.848. The van der Waals surface area contributed by atoms with Crippen LogP contribution in [0, 0.1) is 0 Å². The predicted molar refractivity (Wildman–Crippen MR) is 75.2 cm³/mol. The number of rotatable bonds is 1. The molecule has 0 unspecified atom stereocenters. The smallest absolute Gasteiger partial charge is 0.135 e. The van der Waals surface area contributed by atoms with Crippen LogP contribution in [0.5, 0.6) is 17.2 Å². The molecule has 2 aromatic carbocycles. The number of methoxy groups -OCH3 is 1. The minimum atomic E-state index is -0.183. The molecular formula is C16H18O3. The molecule has 0 aromatic heterocycles. The molecule has 0 fully saturated rings. The first kappa shape index (κ1) is 12.2. The van der Waals surface area contributed by atoms with Gasteiger partial charge in [0.05, 0.1) is 12.5 Å². The van der Waals surface area contributed by atoms with Gasteiger partial charge >= 0.3 is 0 Å². The van der Waals surface area contributed by atoms with Crippen molar-refractivity contribution in [1.29, 1.82) is 0 Å². The van der Waals surface area contributed by atoms with E-state index in [1.54, 1.807) is 7.11 Å². The average Bonchev–Trinajstić information content (AvgIpc) is 2.39. The van der Waals surface area contributed by atoms with Crippen molar-refractivity contribution in [3.05, 3.63) is 29.8 Å². The highest BCUT2D eigenvalue weighted by atomic mass is 16.5. The topological polar surface area (TPSA) is 38.7 Å². The minimum absolute atomic E-state index is 0.183. The van der Waals surface area contributed by atoms with E-state index in [2.05, 4.69) is 13.8 Å². The third-order valence-corrected chi connectivity index (χ3v) is 3.73. The molecule has 19 heavy (non-hydrogen) atoms. The molecule has 3 heteroatoms. The maximum Gasteiger partial charge on any atom is 0.135 e. The number of fused-ring (bicyclic) bond motifs is 3. The molecular weight excluding hydrogens is 240 g/mol. The molecule has 1 aliphatic rings. The van der Waals surface area contributed by atoms with Gasteiger partial charge in [0.15, 0.2) is 0 Å². The fourth-order valence-corrected chi connectivity index (χ4v) is 2.68. The standard InChI is InChI=1S/C16H18O3/c1-16(2)8-7-10-9-12(17)11-5-4-6-13(18-3)14(11)15(10)19-16/h4-6,9,17H,7-8H2,1-3H3. The summed E-state index contributed by atoms with van der Waals surface area (Å²) in [6.45, 7) is 4.17. The average molecular weight is 258 g/mol. The SMILES string of the molecule is COc1cccc2c(O)cc3c(c12)OC(C)(C)CC3.